The minimum Gasteiger partial charge on any atom is -0.494 e. The zero-order chi connectivity index (χ0) is 21.3. The third-order valence-electron chi connectivity index (χ3n) is 4.11. The summed E-state index contributed by atoms with van der Waals surface area (Å²) >= 11 is 1.00. The highest BCUT2D eigenvalue weighted by molar-refractivity contribution is 7.20. The second kappa shape index (κ2) is 7.75. The molecule has 4 aromatic rings. The fourth-order valence-corrected chi connectivity index (χ4v) is 3.54. The number of benzene rings is 2. The van der Waals surface area contributed by atoms with Crippen molar-refractivity contribution in [3.8, 4) is 17.1 Å². The molecule has 30 heavy (non-hydrogen) atoms. The Kier molecular flexibility index (Phi) is 5.12. The van der Waals surface area contributed by atoms with Crippen LogP contribution in [0.3, 0.4) is 0 Å². The summed E-state index contributed by atoms with van der Waals surface area (Å²) in [7, 11) is 0. The normalized spacial score (nSPS) is 11.6. The van der Waals surface area contributed by atoms with Crippen molar-refractivity contribution in [3.63, 3.8) is 0 Å². The second-order valence-corrected chi connectivity index (χ2v) is 7.04. The van der Waals surface area contributed by atoms with Gasteiger partial charge in [0.2, 0.25) is 10.1 Å². The van der Waals surface area contributed by atoms with E-state index >= 15 is 0 Å². The van der Waals surface area contributed by atoms with Crippen LogP contribution in [-0.2, 0) is 6.18 Å². The van der Waals surface area contributed by atoms with E-state index in [4.69, 9.17) is 4.74 Å². The van der Waals surface area contributed by atoms with E-state index in [9.17, 15) is 18.0 Å². The summed E-state index contributed by atoms with van der Waals surface area (Å²) in [6, 6.07) is 11.7. The molecule has 1 amide bonds. The van der Waals surface area contributed by atoms with E-state index in [0.29, 0.717) is 23.1 Å². The van der Waals surface area contributed by atoms with E-state index in [2.05, 4.69) is 20.6 Å². The molecule has 0 unspecified atom stereocenters. The van der Waals surface area contributed by atoms with E-state index < -0.39 is 23.2 Å². The van der Waals surface area contributed by atoms with Gasteiger partial charge in [-0.15, -0.1) is 15.3 Å². The molecule has 154 valence electrons. The Morgan fingerprint density at radius 3 is 2.57 bits per heavy atom. The van der Waals surface area contributed by atoms with Crippen LogP contribution in [0.1, 0.15) is 22.8 Å². The molecule has 0 spiro atoms. The van der Waals surface area contributed by atoms with E-state index in [0.717, 1.165) is 29.0 Å². The molecule has 0 atom stereocenters. The Morgan fingerprint density at radius 2 is 1.87 bits per heavy atom. The molecule has 0 bridgehead atoms. The fraction of sp³-hybridized carbons (Fsp3) is 0.158. The molecule has 0 fully saturated rings. The zero-order valence-electron chi connectivity index (χ0n) is 15.5. The van der Waals surface area contributed by atoms with Gasteiger partial charge >= 0.3 is 6.18 Å². The van der Waals surface area contributed by atoms with Crippen molar-refractivity contribution in [2.75, 3.05) is 11.9 Å². The van der Waals surface area contributed by atoms with Crippen LogP contribution in [0, 0.1) is 0 Å². The Balaban J connectivity index is 1.61. The van der Waals surface area contributed by atoms with Crippen molar-refractivity contribution in [1.82, 2.24) is 19.8 Å². The van der Waals surface area contributed by atoms with Crippen LogP contribution in [0.4, 0.5) is 18.3 Å². The van der Waals surface area contributed by atoms with Crippen molar-refractivity contribution >= 4 is 27.3 Å². The van der Waals surface area contributed by atoms with E-state index in [-0.39, 0.29) is 5.13 Å². The maximum Gasteiger partial charge on any atom is 0.417 e. The van der Waals surface area contributed by atoms with Gasteiger partial charge in [0.15, 0.2) is 5.82 Å². The van der Waals surface area contributed by atoms with Gasteiger partial charge in [-0.3, -0.25) is 10.1 Å². The van der Waals surface area contributed by atoms with Crippen LogP contribution in [0.5, 0.6) is 5.75 Å². The number of rotatable bonds is 5. The molecule has 2 aromatic carbocycles. The van der Waals surface area contributed by atoms with Crippen molar-refractivity contribution in [1.29, 1.82) is 0 Å². The minimum atomic E-state index is -4.64. The average molecular weight is 433 g/mol. The molecule has 2 heterocycles. The molecule has 0 saturated heterocycles. The lowest BCUT2D eigenvalue weighted by Gasteiger charge is -2.11. The fourth-order valence-electron chi connectivity index (χ4n) is 2.81. The number of aromatic nitrogens is 4. The van der Waals surface area contributed by atoms with Crippen LogP contribution in [0.15, 0.2) is 48.5 Å². The average Bonchev–Trinajstić information content (AvgIpc) is 3.28. The largest absolute Gasteiger partial charge is 0.494 e. The molecule has 11 heteroatoms. The summed E-state index contributed by atoms with van der Waals surface area (Å²) in [5.41, 5.74) is -0.778. The van der Waals surface area contributed by atoms with E-state index in [1.165, 1.54) is 16.6 Å². The first-order valence-corrected chi connectivity index (χ1v) is 9.61. The summed E-state index contributed by atoms with van der Waals surface area (Å²) in [5, 5.41) is 14.8. The molecular formula is C19H14F3N5O2S. The molecule has 2 aromatic heterocycles. The van der Waals surface area contributed by atoms with E-state index in [1.807, 2.05) is 6.92 Å². The highest BCUT2D eigenvalue weighted by atomic mass is 32.1. The monoisotopic (exact) mass is 433 g/mol. The van der Waals surface area contributed by atoms with Gasteiger partial charge in [0.1, 0.15) is 5.75 Å². The number of nitrogens with one attached hydrogen (secondary N) is 1. The first kappa shape index (κ1) is 19.8. The predicted octanol–water partition coefficient (Wildman–Crippen LogP) is 4.52. The summed E-state index contributed by atoms with van der Waals surface area (Å²) < 4.78 is 46.3. The van der Waals surface area contributed by atoms with Gasteiger partial charge in [0.25, 0.3) is 5.91 Å². The van der Waals surface area contributed by atoms with Crippen LogP contribution in [-0.4, -0.2) is 32.3 Å². The number of hydrogen-bond donors (Lipinski definition) is 1. The number of fused-ring (bicyclic) bond motifs is 1. The molecule has 0 radical (unpaired) electrons. The lowest BCUT2D eigenvalue weighted by atomic mass is 10.1. The highest BCUT2D eigenvalue weighted by Gasteiger charge is 2.35. The zero-order valence-corrected chi connectivity index (χ0v) is 16.3. The number of alkyl halides is 3. The molecule has 0 saturated carbocycles. The van der Waals surface area contributed by atoms with Crippen molar-refractivity contribution in [2.45, 2.75) is 13.1 Å². The minimum absolute atomic E-state index is 0.106. The van der Waals surface area contributed by atoms with Gasteiger partial charge < -0.3 is 4.74 Å². The molecule has 0 aliphatic rings. The maximum absolute atomic E-state index is 13.2. The van der Waals surface area contributed by atoms with Crippen LogP contribution < -0.4 is 10.1 Å². The Bertz CT molecular complexity index is 1200. The number of carbonyl (C=O) groups excluding carboxylic acids is 1. The predicted molar refractivity (Wildman–Crippen MR) is 105 cm³/mol. The molecule has 1 N–H and O–H groups in total. The Morgan fingerprint density at radius 1 is 1.13 bits per heavy atom. The molecule has 7 nitrogen and oxygen atoms in total. The Hall–Kier alpha value is -3.47. The standard InChI is InChI=1S/C19H14F3N5O2S/c1-2-29-12-9-7-11(8-10-12)15-24-25-18-27(15)26-17(30-18)23-16(28)13-5-3-4-6-14(13)19(20,21)22/h3-10H,2H2,1H3,(H,23,26,28). The summed E-state index contributed by atoms with van der Waals surface area (Å²) in [5.74, 6) is 0.229. The van der Waals surface area contributed by atoms with Crippen molar-refractivity contribution in [2.24, 2.45) is 0 Å². The number of halogens is 3. The van der Waals surface area contributed by atoms with Crippen LogP contribution >= 0.6 is 11.3 Å². The third kappa shape index (κ3) is 3.83. The first-order chi connectivity index (χ1) is 14.4. The van der Waals surface area contributed by atoms with Gasteiger partial charge in [-0.25, -0.2) is 0 Å². The van der Waals surface area contributed by atoms with Gasteiger partial charge in [0, 0.05) is 5.56 Å². The Labute approximate surface area is 172 Å². The SMILES string of the molecule is CCOc1ccc(-c2nnc3sc(NC(=O)c4ccccc4C(F)(F)F)nn23)cc1. The summed E-state index contributed by atoms with van der Waals surface area (Å²) in [4.78, 5) is 12.8. The second-order valence-electron chi connectivity index (χ2n) is 6.08. The number of nitrogens with zero attached hydrogens (tertiary/aromatic N) is 4. The number of hydrogen-bond acceptors (Lipinski definition) is 6. The van der Waals surface area contributed by atoms with Gasteiger partial charge in [-0.1, -0.05) is 23.5 Å². The first-order valence-electron chi connectivity index (χ1n) is 8.80. The van der Waals surface area contributed by atoms with Crippen LogP contribution in [0.2, 0.25) is 0 Å². The lowest BCUT2D eigenvalue weighted by Crippen LogP contribution is -2.18. The van der Waals surface area contributed by atoms with Gasteiger partial charge in [-0.2, -0.15) is 17.7 Å². The van der Waals surface area contributed by atoms with Crippen LogP contribution in [0.25, 0.3) is 16.3 Å². The molecule has 0 aliphatic carbocycles. The van der Waals surface area contributed by atoms with Gasteiger partial charge in [0.05, 0.1) is 17.7 Å². The maximum atomic E-state index is 13.2. The molecular weight excluding hydrogens is 419 g/mol. The van der Waals surface area contributed by atoms with E-state index in [1.54, 1.807) is 24.3 Å². The topological polar surface area (TPSA) is 81.4 Å². The van der Waals surface area contributed by atoms with Gasteiger partial charge in [-0.05, 0) is 43.3 Å². The lowest BCUT2D eigenvalue weighted by molar-refractivity contribution is -0.137. The molecule has 4 rings (SSSR count). The van der Waals surface area contributed by atoms with Crippen molar-refractivity contribution < 1.29 is 22.7 Å². The molecule has 0 aliphatic heterocycles. The number of carbonyl (C=O) groups is 1. The smallest absolute Gasteiger partial charge is 0.417 e. The van der Waals surface area contributed by atoms with Crippen molar-refractivity contribution in [3.05, 3.63) is 59.7 Å². The third-order valence-corrected chi connectivity index (χ3v) is 4.93. The number of ether oxygens (including phenoxy) is 1. The highest BCUT2D eigenvalue weighted by Crippen LogP contribution is 2.32. The summed E-state index contributed by atoms with van der Waals surface area (Å²) in [6.45, 7) is 2.43. The summed E-state index contributed by atoms with van der Waals surface area (Å²) in [6.07, 6.45) is -4.64. The quantitative estimate of drug-likeness (QED) is 0.500. The number of amides is 1. The number of anilines is 1.